The summed E-state index contributed by atoms with van der Waals surface area (Å²) in [7, 11) is 0. The van der Waals surface area contributed by atoms with Crippen LogP contribution in [0.4, 0.5) is 17.1 Å². The Labute approximate surface area is 171 Å². The minimum atomic E-state index is -1.47. The number of rotatable bonds is 5. The summed E-state index contributed by atoms with van der Waals surface area (Å²) in [6, 6.07) is 37.5. The van der Waals surface area contributed by atoms with Gasteiger partial charge in [-0.1, -0.05) is 84.8 Å². The Morgan fingerprint density at radius 3 is 1.38 bits per heavy atom. The van der Waals surface area contributed by atoms with Crippen LogP contribution in [-0.2, 0) is 5.60 Å². The quantitative estimate of drug-likeness (QED) is 0.431. The first-order chi connectivity index (χ1) is 14.2. The summed E-state index contributed by atoms with van der Waals surface area (Å²) in [5.41, 5.74) is 2.97. The van der Waals surface area contributed by atoms with Crippen molar-refractivity contribution < 1.29 is 5.11 Å². The summed E-state index contributed by atoms with van der Waals surface area (Å²) < 4.78 is 0. The number of benzene rings is 4. The minimum Gasteiger partial charge on any atom is -0.369 e. The fourth-order valence-electron chi connectivity index (χ4n) is 3.47. The van der Waals surface area contributed by atoms with Crippen molar-refractivity contribution >= 4 is 17.1 Å². The minimum absolute atomic E-state index is 0.663. The molecule has 0 radical (unpaired) electrons. The van der Waals surface area contributed by atoms with E-state index in [1.807, 2.05) is 91.0 Å². The first-order valence-corrected chi connectivity index (χ1v) is 9.49. The molecule has 1 atom stereocenters. The Morgan fingerprint density at radius 2 is 0.931 bits per heavy atom. The third-order valence-electron chi connectivity index (χ3n) is 4.97. The zero-order valence-electron chi connectivity index (χ0n) is 15.9. The zero-order valence-corrected chi connectivity index (χ0v) is 15.9. The number of hydrogen-bond acceptors (Lipinski definition) is 2. The summed E-state index contributed by atoms with van der Waals surface area (Å²) in [5.74, 6) is 2.57. The van der Waals surface area contributed by atoms with Gasteiger partial charge in [-0.3, -0.25) is 0 Å². The van der Waals surface area contributed by atoms with Gasteiger partial charge in [0.25, 0.3) is 0 Å². The van der Waals surface area contributed by atoms with E-state index in [0.29, 0.717) is 11.1 Å². The predicted molar refractivity (Wildman–Crippen MR) is 119 cm³/mol. The van der Waals surface area contributed by atoms with E-state index in [1.54, 1.807) is 0 Å². The summed E-state index contributed by atoms with van der Waals surface area (Å²) in [6.07, 6.45) is 5.74. The lowest BCUT2D eigenvalue weighted by atomic mass is 9.87. The number of nitrogens with zero attached hydrogens (tertiary/aromatic N) is 1. The lowest BCUT2D eigenvalue weighted by molar-refractivity contribution is 0.145. The molecular weight excluding hydrogens is 354 g/mol. The molecule has 0 saturated carbocycles. The maximum Gasteiger partial charge on any atom is 0.176 e. The molecule has 0 aliphatic carbocycles. The smallest absolute Gasteiger partial charge is 0.176 e. The molecule has 0 heterocycles. The van der Waals surface area contributed by atoms with Crippen LogP contribution in [0.1, 0.15) is 11.1 Å². The Balaban J connectivity index is 1.76. The molecule has 0 fully saturated rings. The molecule has 0 bridgehead atoms. The fraction of sp³-hybridized carbons (Fsp3) is 0.0370. The van der Waals surface area contributed by atoms with Gasteiger partial charge in [-0.15, -0.1) is 6.42 Å². The first kappa shape index (κ1) is 18.6. The van der Waals surface area contributed by atoms with Gasteiger partial charge in [0, 0.05) is 28.2 Å². The van der Waals surface area contributed by atoms with Gasteiger partial charge in [0.05, 0.1) is 0 Å². The van der Waals surface area contributed by atoms with Gasteiger partial charge in [0.1, 0.15) is 0 Å². The molecule has 29 heavy (non-hydrogen) atoms. The normalized spacial score (nSPS) is 12.6. The second kappa shape index (κ2) is 8.06. The molecule has 2 heteroatoms. The standard InChI is InChI=1S/C27H21NO/c1-2-27(29,22-12-6-3-7-13-22)23-18-20-26(21-19-23)28(24-14-8-4-9-15-24)25-16-10-5-11-17-25/h1,3-21,29H. The Morgan fingerprint density at radius 1 is 0.552 bits per heavy atom. The molecule has 0 aliphatic rings. The Kier molecular flexibility index (Phi) is 5.16. The second-order valence-corrected chi connectivity index (χ2v) is 6.77. The summed E-state index contributed by atoms with van der Waals surface area (Å²) >= 11 is 0. The topological polar surface area (TPSA) is 23.5 Å². The molecule has 4 rings (SSSR count). The predicted octanol–water partition coefficient (Wildman–Crippen LogP) is 6.03. The number of hydrogen-bond donors (Lipinski definition) is 1. The van der Waals surface area contributed by atoms with Gasteiger partial charge in [0.15, 0.2) is 5.60 Å². The highest BCUT2D eigenvalue weighted by molar-refractivity contribution is 5.76. The summed E-state index contributed by atoms with van der Waals surface area (Å²) in [5, 5.41) is 11.2. The lowest BCUT2D eigenvalue weighted by Gasteiger charge is -2.27. The van der Waals surface area contributed by atoms with Crippen LogP contribution in [0.3, 0.4) is 0 Å². The van der Waals surface area contributed by atoms with Crippen LogP contribution in [0.5, 0.6) is 0 Å². The van der Waals surface area contributed by atoms with E-state index in [4.69, 9.17) is 6.42 Å². The molecule has 0 aromatic heterocycles. The van der Waals surface area contributed by atoms with Crippen LogP contribution < -0.4 is 4.90 Å². The van der Waals surface area contributed by atoms with Crippen molar-refractivity contribution in [3.8, 4) is 12.3 Å². The van der Waals surface area contributed by atoms with E-state index in [1.165, 1.54) is 0 Å². The molecule has 140 valence electrons. The summed E-state index contributed by atoms with van der Waals surface area (Å²) in [6.45, 7) is 0. The highest BCUT2D eigenvalue weighted by atomic mass is 16.3. The van der Waals surface area contributed by atoms with Crippen LogP contribution in [-0.4, -0.2) is 5.11 Å². The molecule has 1 N–H and O–H groups in total. The van der Waals surface area contributed by atoms with Crippen molar-refractivity contribution in [1.82, 2.24) is 0 Å². The molecule has 0 amide bonds. The van der Waals surface area contributed by atoms with Gasteiger partial charge in [-0.05, 0) is 36.4 Å². The third-order valence-corrected chi connectivity index (χ3v) is 4.97. The third kappa shape index (κ3) is 3.65. The van der Waals surface area contributed by atoms with Crippen LogP contribution in [0.15, 0.2) is 115 Å². The monoisotopic (exact) mass is 375 g/mol. The molecule has 2 nitrogen and oxygen atoms in total. The average Bonchev–Trinajstić information content (AvgIpc) is 2.81. The van der Waals surface area contributed by atoms with E-state index in [0.717, 1.165) is 17.1 Å². The van der Waals surface area contributed by atoms with Crippen LogP contribution in [0.2, 0.25) is 0 Å². The molecule has 4 aromatic rings. The van der Waals surface area contributed by atoms with Crippen molar-refractivity contribution in [1.29, 1.82) is 0 Å². The highest BCUT2D eigenvalue weighted by Crippen LogP contribution is 2.36. The van der Waals surface area contributed by atoms with Crippen molar-refractivity contribution in [2.45, 2.75) is 5.60 Å². The molecule has 0 spiro atoms. The lowest BCUT2D eigenvalue weighted by Crippen LogP contribution is -2.25. The van der Waals surface area contributed by atoms with Crippen molar-refractivity contribution in [3.05, 3.63) is 126 Å². The molecule has 1 unspecified atom stereocenters. The highest BCUT2D eigenvalue weighted by Gasteiger charge is 2.29. The molecular formula is C27H21NO. The van der Waals surface area contributed by atoms with E-state index in [2.05, 4.69) is 35.1 Å². The van der Waals surface area contributed by atoms with Crippen LogP contribution in [0, 0.1) is 12.3 Å². The van der Waals surface area contributed by atoms with Gasteiger partial charge < -0.3 is 10.0 Å². The van der Waals surface area contributed by atoms with Crippen LogP contribution in [0.25, 0.3) is 0 Å². The van der Waals surface area contributed by atoms with E-state index in [-0.39, 0.29) is 0 Å². The average molecular weight is 375 g/mol. The van der Waals surface area contributed by atoms with Crippen LogP contribution >= 0.6 is 0 Å². The second-order valence-electron chi connectivity index (χ2n) is 6.77. The Hall–Kier alpha value is -3.80. The van der Waals surface area contributed by atoms with Gasteiger partial charge in [-0.25, -0.2) is 0 Å². The first-order valence-electron chi connectivity index (χ1n) is 9.49. The number of aliphatic hydroxyl groups is 1. The molecule has 0 aliphatic heterocycles. The SMILES string of the molecule is C#CC(O)(c1ccccc1)c1ccc(N(c2ccccc2)c2ccccc2)cc1. The largest absolute Gasteiger partial charge is 0.369 e. The number of anilines is 3. The Bertz CT molecular complexity index is 1060. The van der Waals surface area contributed by atoms with Gasteiger partial charge in [-0.2, -0.15) is 0 Å². The molecule has 4 aromatic carbocycles. The number of para-hydroxylation sites is 2. The number of terminal acetylenes is 1. The maximum absolute atomic E-state index is 11.2. The van der Waals surface area contributed by atoms with Crippen molar-refractivity contribution in [2.75, 3.05) is 4.90 Å². The van der Waals surface area contributed by atoms with Gasteiger partial charge in [0.2, 0.25) is 0 Å². The zero-order chi connectivity index (χ0) is 20.1. The van der Waals surface area contributed by atoms with E-state index >= 15 is 0 Å². The van der Waals surface area contributed by atoms with Crippen molar-refractivity contribution in [2.24, 2.45) is 0 Å². The van der Waals surface area contributed by atoms with E-state index < -0.39 is 5.60 Å². The molecule has 0 saturated heterocycles. The van der Waals surface area contributed by atoms with Gasteiger partial charge >= 0.3 is 0 Å². The summed E-state index contributed by atoms with van der Waals surface area (Å²) in [4.78, 5) is 2.17. The van der Waals surface area contributed by atoms with E-state index in [9.17, 15) is 5.11 Å². The fourth-order valence-corrected chi connectivity index (χ4v) is 3.47. The maximum atomic E-state index is 11.2. The van der Waals surface area contributed by atoms with Crippen molar-refractivity contribution in [3.63, 3.8) is 0 Å².